The highest BCUT2D eigenvalue weighted by molar-refractivity contribution is 7.13. The summed E-state index contributed by atoms with van der Waals surface area (Å²) in [6.45, 7) is 3.68. The molecule has 1 fully saturated rings. The van der Waals surface area contributed by atoms with Crippen LogP contribution >= 0.6 is 22.9 Å². The number of thiophene rings is 1. The minimum absolute atomic E-state index is 0.0824. The zero-order valence-electron chi connectivity index (χ0n) is 18.9. The molecule has 1 saturated heterocycles. The Morgan fingerprint density at radius 1 is 1.20 bits per heavy atom. The van der Waals surface area contributed by atoms with Crippen molar-refractivity contribution in [3.05, 3.63) is 74.5 Å². The maximum Gasteiger partial charge on any atom is 0.255 e. The lowest BCUT2D eigenvalue weighted by atomic mass is 10.1. The Bertz CT molecular complexity index is 1480. The minimum Gasteiger partial charge on any atom is -0.312 e. The second kappa shape index (κ2) is 9.12. The SMILES string of the molecule is Cc1nc(-n2nc(-c3cccs3)cc2NC(=O)C2CC(=O)N(c3ccc(Cl)cc3)C2)[nH]c(=O)c1C. The second-order valence-corrected chi connectivity index (χ2v) is 9.66. The molecular weight excluding hydrogens is 488 g/mol. The lowest BCUT2D eigenvalue weighted by Gasteiger charge is -2.17. The molecule has 35 heavy (non-hydrogen) atoms. The summed E-state index contributed by atoms with van der Waals surface area (Å²) in [4.78, 5) is 47.9. The summed E-state index contributed by atoms with van der Waals surface area (Å²) in [5.74, 6) is -0.470. The Labute approximate surface area is 209 Å². The largest absolute Gasteiger partial charge is 0.312 e. The third-order valence-corrected chi connectivity index (χ3v) is 7.10. The summed E-state index contributed by atoms with van der Waals surface area (Å²) in [7, 11) is 0. The van der Waals surface area contributed by atoms with Crippen molar-refractivity contribution in [2.75, 3.05) is 16.8 Å². The molecule has 2 amide bonds. The fourth-order valence-corrected chi connectivity index (χ4v) is 4.70. The van der Waals surface area contributed by atoms with Gasteiger partial charge < -0.3 is 10.2 Å². The molecule has 0 radical (unpaired) electrons. The number of nitrogens with zero attached hydrogens (tertiary/aromatic N) is 4. The zero-order chi connectivity index (χ0) is 24.7. The Morgan fingerprint density at radius 3 is 2.66 bits per heavy atom. The molecule has 0 spiro atoms. The molecule has 9 nitrogen and oxygen atoms in total. The molecule has 1 aliphatic heterocycles. The van der Waals surface area contributed by atoms with E-state index in [0.717, 1.165) is 4.88 Å². The van der Waals surface area contributed by atoms with E-state index >= 15 is 0 Å². The predicted molar refractivity (Wildman–Crippen MR) is 135 cm³/mol. The van der Waals surface area contributed by atoms with Crippen LogP contribution in [0.5, 0.6) is 0 Å². The van der Waals surface area contributed by atoms with Crippen molar-refractivity contribution in [3.63, 3.8) is 0 Å². The van der Waals surface area contributed by atoms with E-state index in [2.05, 4.69) is 20.4 Å². The van der Waals surface area contributed by atoms with Gasteiger partial charge in [-0.25, -0.2) is 4.98 Å². The Balaban J connectivity index is 1.44. The smallest absolute Gasteiger partial charge is 0.255 e. The maximum atomic E-state index is 13.2. The number of H-pyrrole nitrogens is 1. The van der Waals surface area contributed by atoms with Gasteiger partial charge >= 0.3 is 0 Å². The first-order chi connectivity index (χ1) is 16.8. The number of anilines is 2. The summed E-state index contributed by atoms with van der Waals surface area (Å²) >= 11 is 7.46. The van der Waals surface area contributed by atoms with Gasteiger partial charge in [-0.3, -0.25) is 19.4 Å². The van der Waals surface area contributed by atoms with Crippen LogP contribution in [0.2, 0.25) is 5.02 Å². The maximum absolute atomic E-state index is 13.2. The predicted octanol–water partition coefficient (Wildman–Crippen LogP) is 3.95. The van der Waals surface area contributed by atoms with Crippen molar-refractivity contribution in [3.8, 4) is 16.5 Å². The Morgan fingerprint density at radius 2 is 1.97 bits per heavy atom. The van der Waals surface area contributed by atoms with Crippen LogP contribution in [0.25, 0.3) is 16.5 Å². The molecule has 5 rings (SSSR count). The Hall–Kier alpha value is -3.76. The molecular formula is C24H21ClN6O3S. The Kier molecular flexibility index (Phi) is 6.00. The van der Waals surface area contributed by atoms with E-state index in [9.17, 15) is 14.4 Å². The zero-order valence-corrected chi connectivity index (χ0v) is 20.5. The number of carbonyl (C=O) groups excluding carboxylic acids is 2. The van der Waals surface area contributed by atoms with Gasteiger partial charge in [0.15, 0.2) is 0 Å². The van der Waals surface area contributed by atoms with Crippen LogP contribution in [-0.4, -0.2) is 38.1 Å². The standard InChI is InChI=1S/C24H21ClN6O3S/c1-13-14(2)26-24(28-22(13)33)31-20(11-18(29-31)19-4-3-9-35-19)27-23(34)15-10-21(32)30(12-15)17-7-5-16(25)6-8-17/h3-9,11,15H,10,12H2,1-2H3,(H,27,34)(H,26,28,33). The highest BCUT2D eigenvalue weighted by Gasteiger charge is 2.35. The van der Waals surface area contributed by atoms with Crippen molar-refractivity contribution in [2.24, 2.45) is 5.92 Å². The van der Waals surface area contributed by atoms with Gasteiger partial charge in [0.05, 0.1) is 10.8 Å². The number of rotatable bonds is 5. The molecule has 11 heteroatoms. The molecule has 2 N–H and O–H groups in total. The van der Waals surface area contributed by atoms with Crippen molar-refractivity contribution in [1.29, 1.82) is 0 Å². The van der Waals surface area contributed by atoms with E-state index in [-0.39, 0.29) is 36.3 Å². The monoisotopic (exact) mass is 508 g/mol. The number of aromatic nitrogens is 4. The molecule has 1 aromatic carbocycles. The molecule has 1 unspecified atom stereocenters. The van der Waals surface area contributed by atoms with Crippen LogP contribution in [0.1, 0.15) is 17.7 Å². The van der Waals surface area contributed by atoms with Crippen LogP contribution in [0.15, 0.2) is 52.6 Å². The number of aryl methyl sites for hydroxylation is 1. The number of benzene rings is 1. The summed E-state index contributed by atoms with van der Waals surface area (Å²) in [5, 5.41) is 9.98. The minimum atomic E-state index is -0.557. The fraction of sp³-hybridized carbons (Fsp3) is 0.208. The van der Waals surface area contributed by atoms with E-state index in [0.29, 0.717) is 33.5 Å². The van der Waals surface area contributed by atoms with Crippen LogP contribution in [-0.2, 0) is 9.59 Å². The topological polar surface area (TPSA) is 113 Å². The summed E-state index contributed by atoms with van der Waals surface area (Å²) < 4.78 is 1.41. The van der Waals surface area contributed by atoms with Gasteiger partial charge in [-0.2, -0.15) is 9.78 Å². The van der Waals surface area contributed by atoms with Crippen LogP contribution in [0.3, 0.4) is 0 Å². The molecule has 0 aliphatic carbocycles. The van der Waals surface area contributed by atoms with Crippen molar-refractivity contribution >= 4 is 46.3 Å². The van der Waals surface area contributed by atoms with Gasteiger partial charge in [0.25, 0.3) is 5.56 Å². The first-order valence-corrected chi connectivity index (χ1v) is 12.1. The van der Waals surface area contributed by atoms with Crippen molar-refractivity contribution in [1.82, 2.24) is 19.7 Å². The van der Waals surface area contributed by atoms with E-state index in [1.807, 2.05) is 17.5 Å². The highest BCUT2D eigenvalue weighted by Crippen LogP contribution is 2.30. The first kappa shape index (κ1) is 23.0. The quantitative estimate of drug-likeness (QED) is 0.424. The van der Waals surface area contributed by atoms with E-state index in [1.54, 1.807) is 49.1 Å². The average Bonchev–Trinajstić information content (AvgIpc) is 3.58. The van der Waals surface area contributed by atoms with E-state index < -0.39 is 5.92 Å². The van der Waals surface area contributed by atoms with Crippen molar-refractivity contribution in [2.45, 2.75) is 20.3 Å². The van der Waals surface area contributed by atoms with Gasteiger partial charge in [0, 0.05) is 41.0 Å². The lowest BCUT2D eigenvalue weighted by molar-refractivity contribution is -0.122. The number of nitrogens with one attached hydrogen (secondary N) is 2. The number of halogens is 1. The second-order valence-electron chi connectivity index (χ2n) is 8.27. The molecule has 0 saturated carbocycles. The molecule has 1 atom stereocenters. The van der Waals surface area contributed by atoms with E-state index in [1.165, 1.54) is 16.0 Å². The molecule has 1 aliphatic rings. The van der Waals surface area contributed by atoms with Gasteiger partial charge in [0.2, 0.25) is 17.8 Å². The number of hydrogen-bond donors (Lipinski definition) is 2. The molecule has 3 aromatic heterocycles. The third-order valence-electron chi connectivity index (χ3n) is 5.95. The van der Waals surface area contributed by atoms with Crippen LogP contribution in [0, 0.1) is 19.8 Å². The van der Waals surface area contributed by atoms with Crippen LogP contribution in [0.4, 0.5) is 11.5 Å². The van der Waals surface area contributed by atoms with Crippen molar-refractivity contribution < 1.29 is 9.59 Å². The summed E-state index contributed by atoms with van der Waals surface area (Å²) in [6, 6.07) is 12.5. The average molecular weight is 509 g/mol. The number of carbonyl (C=O) groups is 2. The summed E-state index contributed by atoms with van der Waals surface area (Å²) in [6.07, 6.45) is 0.0824. The number of amides is 2. The summed E-state index contributed by atoms with van der Waals surface area (Å²) in [5.41, 5.74) is 2.11. The molecule has 0 bridgehead atoms. The van der Waals surface area contributed by atoms with Gasteiger partial charge in [0.1, 0.15) is 11.5 Å². The van der Waals surface area contributed by atoms with Gasteiger partial charge in [-0.1, -0.05) is 17.7 Å². The highest BCUT2D eigenvalue weighted by atomic mass is 35.5. The molecule has 4 heterocycles. The normalized spacial score (nSPS) is 15.6. The number of hydrogen-bond acceptors (Lipinski definition) is 6. The molecule has 178 valence electrons. The number of aromatic amines is 1. The van der Waals surface area contributed by atoms with E-state index in [4.69, 9.17) is 11.6 Å². The van der Waals surface area contributed by atoms with Gasteiger partial charge in [-0.15, -0.1) is 11.3 Å². The van der Waals surface area contributed by atoms with Gasteiger partial charge in [-0.05, 0) is 49.6 Å². The first-order valence-electron chi connectivity index (χ1n) is 10.9. The van der Waals surface area contributed by atoms with Crippen LogP contribution < -0.4 is 15.8 Å². The third kappa shape index (κ3) is 4.50. The lowest BCUT2D eigenvalue weighted by Crippen LogP contribution is -2.29. The fourth-order valence-electron chi connectivity index (χ4n) is 3.89. The molecule has 4 aromatic rings.